The molecule has 0 aliphatic carbocycles. The average molecular weight is 427 g/mol. The molecule has 1 fully saturated rings. The number of piperazine rings is 1. The van der Waals surface area contributed by atoms with Crippen molar-refractivity contribution >= 4 is 44.7 Å². The molecule has 2 aromatic heterocycles. The van der Waals surface area contributed by atoms with Crippen molar-refractivity contribution in [2.24, 2.45) is 0 Å². The Labute approximate surface area is 177 Å². The second-order valence-electron chi connectivity index (χ2n) is 7.22. The van der Waals surface area contributed by atoms with Gasteiger partial charge in [0.05, 0.1) is 10.3 Å². The number of benzene rings is 1. The smallest absolute Gasteiger partial charge is 0.269 e. The summed E-state index contributed by atoms with van der Waals surface area (Å²) in [5.74, 6) is 0.887. The van der Waals surface area contributed by atoms with Crippen LogP contribution in [0.25, 0.3) is 10.2 Å². The predicted molar refractivity (Wildman–Crippen MR) is 117 cm³/mol. The number of anilines is 2. The average Bonchev–Trinajstić information content (AvgIpc) is 3.23. The number of nitrogens with one attached hydrogen (secondary N) is 1. The van der Waals surface area contributed by atoms with Gasteiger partial charge in [-0.15, -0.1) is 11.3 Å². The van der Waals surface area contributed by atoms with Crippen molar-refractivity contribution in [1.82, 2.24) is 14.9 Å². The number of aromatic nitrogens is 2. The maximum Gasteiger partial charge on any atom is 0.269 e. The van der Waals surface area contributed by atoms with Crippen LogP contribution >= 0.6 is 11.3 Å². The zero-order valence-electron chi connectivity index (χ0n) is 16.6. The summed E-state index contributed by atoms with van der Waals surface area (Å²) in [6, 6.07) is 6.51. The lowest BCUT2D eigenvalue weighted by Gasteiger charge is -2.35. The SMILES string of the molecule is Cc1cc([N+](=O)[O-])ccc1NC(=O)CCN1CCN(c2ncnc3sccc23)CC1. The van der Waals surface area contributed by atoms with Crippen molar-refractivity contribution in [3.8, 4) is 0 Å². The van der Waals surface area contributed by atoms with E-state index in [1.165, 1.54) is 12.1 Å². The van der Waals surface area contributed by atoms with Crippen molar-refractivity contribution in [2.45, 2.75) is 13.3 Å². The molecule has 4 rings (SSSR count). The minimum Gasteiger partial charge on any atom is -0.353 e. The summed E-state index contributed by atoms with van der Waals surface area (Å²) in [5, 5.41) is 16.8. The second-order valence-corrected chi connectivity index (χ2v) is 8.11. The van der Waals surface area contributed by atoms with E-state index in [2.05, 4.69) is 31.2 Å². The molecule has 0 bridgehead atoms. The van der Waals surface area contributed by atoms with Gasteiger partial charge < -0.3 is 10.2 Å². The summed E-state index contributed by atoms with van der Waals surface area (Å²) >= 11 is 1.62. The summed E-state index contributed by atoms with van der Waals surface area (Å²) in [6.07, 6.45) is 1.99. The van der Waals surface area contributed by atoms with Gasteiger partial charge in [0.2, 0.25) is 5.91 Å². The molecule has 1 N–H and O–H groups in total. The van der Waals surface area contributed by atoms with Gasteiger partial charge in [-0.05, 0) is 30.0 Å². The Balaban J connectivity index is 1.27. The molecule has 1 amide bonds. The van der Waals surface area contributed by atoms with Crippen molar-refractivity contribution in [1.29, 1.82) is 0 Å². The lowest BCUT2D eigenvalue weighted by molar-refractivity contribution is -0.384. The van der Waals surface area contributed by atoms with Gasteiger partial charge in [0, 0.05) is 57.0 Å². The fraction of sp³-hybridized carbons (Fsp3) is 0.350. The van der Waals surface area contributed by atoms with Crippen LogP contribution in [0.3, 0.4) is 0 Å². The molecule has 3 heterocycles. The lowest BCUT2D eigenvalue weighted by Crippen LogP contribution is -2.47. The molecule has 0 spiro atoms. The number of hydrogen-bond donors (Lipinski definition) is 1. The van der Waals surface area contributed by atoms with Gasteiger partial charge in [0.15, 0.2) is 0 Å². The number of fused-ring (bicyclic) bond motifs is 1. The number of rotatable bonds is 6. The standard InChI is InChI=1S/C20H22N6O3S/c1-14-12-15(26(28)29)2-3-17(14)23-18(27)4-6-24-7-9-25(10-8-24)19-16-5-11-30-20(16)22-13-21-19/h2-3,5,11-13H,4,6-10H2,1H3,(H,23,27). The number of aryl methyl sites for hydroxylation is 1. The second kappa shape index (κ2) is 8.72. The molecule has 1 saturated heterocycles. The maximum absolute atomic E-state index is 12.3. The van der Waals surface area contributed by atoms with E-state index in [0.717, 1.165) is 42.2 Å². The number of nitro benzene ring substituents is 1. The van der Waals surface area contributed by atoms with Gasteiger partial charge >= 0.3 is 0 Å². The molecule has 1 aromatic carbocycles. The molecule has 0 unspecified atom stereocenters. The summed E-state index contributed by atoms with van der Waals surface area (Å²) in [6.45, 7) is 5.85. The van der Waals surface area contributed by atoms with E-state index in [-0.39, 0.29) is 11.6 Å². The first-order valence-corrected chi connectivity index (χ1v) is 10.6. The minimum atomic E-state index is -0.441. The van der Waals surface area contributed by atoms with Crippen molar-refractivity contribution < 1.29 is 9.72 Å². The van der Waals surface area contributed by atoms with Gasteiger partial charge in [-0.25, -0.2) is 9.97 Å². The maximum atomic E-state index is 12.3. The highest BCUT2D eigenvalue weighted by atomic mass is 32.1. The number of nitrogens with zero attached hydrogens (tertiary/aromatic N) is 5. The summed E-state index contributed by atoms with van der Waals surface area (Å²) in [5.41, 5.74) is 1.31. The minimum absolute atomic E-state index is 0.0202. The Morgan fingerprint density at radius 1 is 1.23 bits per heavy atom. The molecular weight excluding hydrogens is 404 g/mol. The van der Waals surface area contributed by atoms with Gasteiger partial charge in [0.25, 0.3) is 5.69 Å². The largest absolute Gasteiger partial charge is 0.353 e. The molecule has 0 saturated carbocycles. The fourth-order valence-electron chi connectivity index (χ4n) is 3.59. The van der Waals surface area contributed by atoms with Gasteiger partial charge in [-0.3, -0.25) is 19.8 Å². The Hall–Kier alpha value is -3.11. The van der Waals surface area contributed by atoms with Gasteiger partial charge in [0.1, 0.15) is 17.0 Å². The number of carbonyl (C=O) groups excluding carboxylic acids is 1. The molecule has 1 aliphatic heterocycles. The van der Waals surface area contributed by atoms with E-state index in [0.29, 0.717) is 24.2 Å². The topological polar surface area (TPSA) is 104 Å². The van der Waals surface area contributed by atoms with Crippen molar-refractivity contribution in [3.63, 3.8) is 0 Å². The zero-order chi connectivity index (χ0) is 21.1. The van der Waals surface area contributed by atoms with Gasteiger partial charge in [-0.2, -0.15) is 0 Å². The molecule has 1 aliphatic rings. The van der Waals surface area contributed by atoms with Crippen LogP contribution in [0.2, 0.25) is 0 Å². The van der Waals surface area contributed by atoms with Crippen LogP contribution in [0.5, 0.6) is 0 Å². The lowest BCUT2D eigenvalue weighted by atomic mass is 10.1. The molecule has 0 radical (unpaired) electrons. The molecule has 10 heteroatoms. The van der Waals surface area contributed by atoms with Crippen LogP contribution in [0.4, 0.5) is 17.2 Å². The number of thiophene rings is 1. The Kier molecular flexibility index (Phi) is 5.86. The summed E-state index contributed by atoms with van der Waals surface area (Å²) in [4.78, 5) is 37.0. The van der Waals surface area contributed by atoms with Crippen LogP contribution < -0.4 is 10.2 Å². The van der Waals surface area contributed by atoms with Gasteiger partial charge in [-0.1, -0.05) is 0 Å². The highest BCUT2D eigenvalue weighted by Crippen LogP contribution is 2.27. The number of nitro groups is 1. The Morgan fingerprint density at radius 2 is 2.03 bits per heavy atom. The monoisotopic (exact) mass is 426 g/mol. The Bertz CT molecular complexity index is 1080. The van der Waals surface area contributed by atoms with E-state index < -0.39 is 4.92 Å². The predicted octanol–water partition coefficient (Wildman–Crippen LogP) is 3.06. The fourth-order valence-corrected chi connectivity index (χ4v) is 4.31. The third kappa shape index (κ3) is 4.39. The van der Waals surface area contributed by atoms with E-state index >= 15 is 0 Å². The van der Waals surface area contributed by atoms with E-state index in [1.54, 1.807) is 30.7 Å². The zero-order valence-corrected chi connectivity index (χ0v) is 17.4. The molecule has 9 nitrogen and oxygen atoms in total. The van der Waals surface area contributed by atoms with Crippen molar-refractivity contribution in [2.75, 3.05) is 42.9 Å². The van der Waals surface area contributed by atoms with Crippen LogP contribution in [0.15, 0.2) is 36.0 Å². The quantitative estimate of drug-likeness (QED) is 0.477. The van der Waals surface area contributed by atoms with Crippen LogP contribution in [-0.2, 0) is 4.79 Å². The first-order chi connectivity index (χ1) is 14.5. The third-order valence-electron chi connectivity index (χ3n) is 5.26. The normalized spacial score (nSPS) is 14.8. The third-order valence-corrected chi connectivity index (χ3v) is 6.08. The van der Waals surface area contributed by atoms with E-state index in [1.807, 2.05) is 5.38 Å². The molecule has 156 valence electrons. The van der Waals surface area contributed by atoms with E-state index in [4.69, 9.17) is 0 Å². The number of hydrogen-bond acceptors (Lipinski definition) is 8. The number of amides is 1. The first kappa shape index (κ1) is 20.2. The summed E-state index contributed by atoms with van der Waals surface area (Å²) in [7, 11) is 0. The first-order valence-electron chi connectivity index (χ1n) is 9.71. The van der Waals surface area contributed by atoms with Crippen LogP contribution in [-0.4, -0.2) is 58.4 Å². The molecule has 3 aromatic rings. The molecule has 0 atom stereocenters. The highest BCUT2D eigenvalue weighted by molar-refractivity contribution is 7.16. The number of carbonyl (C=O) groups is 1. The Morgan fingerprint density at radius 3 is 2.77 bits per heavy atom. The number of non-ortho nitro benzene ring substituents is 1. The molecular formula is C20H22N6O3S. The van der Waals surface area contributed by atoms with Crippen LogP contribution in [0, 0.1) is 17.0 Å². The van der Waals surface area contributed by atoms with Crippen LogP contribution in [0.1, 0.15) is 12.0 Å². The highest BCUT2D eigenvalue weighted by Gasteiger charge is 2.21. The van der Waals surface area contributed by atoms with E-state index in [9.17, 15) is 14.9 Å². The van der Waals surface area contributed by atoms with Crippen molar-refractivity contribution in [3.05, 3.63) is 51.7 Å². The summed E-state index contributed by atoms with van der Waals surface area (Å²) < 4.78 is 0. The molecule has 30 heavy (non-hydrogen) atoms.